The zero-order valence-electron chi connectivity index (χ0n) is 27.6. The van der Waals surface area contributed by atoms with Crippen LogP contribution in [0.2, 0.25) is 0 Å². The highest BCUT2D eigenvalue weighted by Gasteiger charge is 2.32. The largest absolute Gasteiger partial charge is 0.497 e. The molecule has 0 radical (unpaired) electrons. The van der Waals surface area contributed by atoms with Crippen molar-refractivity contribution < 1.29 is 27.5 Å². The standard InChI is InChI=1S/C36H42N4O6S/c1-6-40-33(30(20-37-40)36(42)46-7-2)26-17-25-18-27(45-5)14-16-28(25)34-32(23-11-9-8-10-12-23)29-15-13-24(19-31(29)39(34)21-26)35(41)38-47(43,44)22(3)4/h13-20,22-23H,6-12,21H2,1-5H3,(H,38,41). The Labute approximate surface area is 275 Å². The number of sulfonamides is 1. The number of hydrogen-bond acceptors (Lipinski definition) is 7. The number of methoxy groups -OCH3 is 1. The summed E-state index contributed by atoms with van der Waals surface area (Å²) in [4.78, 5) is 26.5. The van der Waals surface area contributed by atoms with Gasteiger partial charge in [-0.25, -0.2) is 17.9 Å². The number of carbonyl (C=O) groups is 2. The molecule has 0 bridgehead atoms. The van der Waals surface area contributed by atoms with Crippen LogP contribution in [0.4, 0.5) is 0 Å². The number of carbonyl (C=O) groups excluding carboxylic acids is 2. The third-order valence-electron chi connectivity index (χ3n) is 9.35. The van der Waals surface area contributed by atoms with Crippen LogP contribution < -0.4 is 9.46 Å². The van der Waals surface area contributed by atoms with Crippen LogP contribution >= 0.6 is 0 Å². The van der Waals surface area contributed by atoms with E-state index in [1.165, 1.54) is 25.8 Å². The van der Waals surface area contributed by atoms with Gasteiger partial charge in [0.2, 0.25) is 10.0 Å². The number of nitrogens with zero attached hydrogens (tertiary/aromatic N) is 3. The Morgan fingerprint density at radius 1 is 1.04 bits per heavy atom. The second-order valence-electron chi connectivity index (χ2n) is 12.5. The van der Waals surface area contributed by atoms with Gasteiger partial charge in [-0.3, -0.25) is 9.48 Å². The molecule has 1 fully saturated rings. The minimum Gasteiger partial charge on any atom is -0.497 e. The van der Waals surface area contributed by atoms with Gasteiger partial charge in [-0.2, -0.15) is 5.10 Å². The average Bonchev–Trinajstić information content (AvgIpc) is 3.59. The molecule has 47 heavy (non-hydrogen) atoms. The van der Waals surface area contributed by atoms with E-state index in [2.05, 4.69) is 26.5 Å². The summed E-state index contributed by atoms with van der Waals surface area (Å²) in [5, 5.41) is 4.83. The third-order valence-corrected chi connectivity index (χ3v) is 11.1. The topological polar surface area (TPSA) is 122 Å². The van der Waals surface area contributed by atoms with Gasteiger partial charge in [-0.1, -0.05) is 25.3 Å². The van der Waals surface area contributed by atoms with Gasteiger partial charge in [0.1, 0.15) is 11.3 Å². The number of amides is 1. The number of ether oxygens (including phenoxy) is 2. The van der Waals surface area contributed by atoms with Crippen LogP contribution in [0, 0.1) is 0 Å². The van der Waals surface area contributed by atoms with Crippen molar-refractivity contribution in [2.45, 2.75) is 84.1 Å². The first kappa shape index (κ1) is 32.6. The van der Waals surface area contributed by atoms with E-state index < -0.39 is 27.1 Å². The highest BCUT2D eigenvalue weighted by Crippen LogP contribution is 2.48. The lowest BCUT2D eigenvalue weighted by atomic mass is 9.81. The molecule has 1 aliphatic heterocycles. The highest BCUT2D eigenvalue weighted by atomic mass is 32.2. The van der Waals surface area contributed by atoms with Crippen LogP contribution in [0.15, 0.2) is 42.6 Å². The molecule has 248 valence electrons. The molecule has 2 aromatic carbocycles. The van der Waals surface area contributed by atoms with E-state index in [9.17, 15) is 18.0 Å². The predicted octanol–water partition coefficient (Wildman–Crippen LogP) is 6.78. The number of esters is 1. The van der Waals surface area contributed by atoms with Crippen LogP contribution in [-0.4, -0.2) is 53.6 Å². The summed E-state index contributed by atoms with van der Waals surface area (Å²) in [7, 11) is -2.18. The van der Waals surface area contributed by atoms with E-state index in [0.29, 0.717) is 36.0 Å². The molecule has 3 heterocycles. The Kier molecular flexibility index (Phi) is 9.02. The molecule has 1 aliphatic carbocycles. The molecule has 1 saturated carbocycles. The normalized spacial score (nSPS) is 15.1. The van der Waals surface area contributed by atoms with Gasteiger partial charge in [0.15, 0.2) is 0 Å². The van der Waals surface area contributed by atoms with Gasteiger partial charge < -0.3 is 14.0 Å². The first-order valence-electron chi connectivity index (χ1n) is 16.4. The summed E-state index contributed by atoms with van der Waals surface area (Å²) in [5.41, 5.74) is 7.24. The van der Waals surface area contributed by atoms with E-state index in [1.54, 1.807) is 32.4 Å². The van der Waals surface area contributed by atoms with Crippen molar-refractivity contribution in [3.63, 3.8) is 0 Å². The summed E-state index contributed by atoms with van der Waals surface area (Å²) >= 11 is 0. The van der Waals surface area contributed by atoms with Crippen molar-refractivity contribution in [2.75, 3.05) is 13.7 Å². The summed E-state index contributed by atoms with van der Waals surface area (Å²) in [6.45, 7) is 7.99. The maximum Gasteiger partial charge on any atom is 0.341 e. The lowest BCUT2D eigenvalue weighted by Gasteiger charge is -2.24. The fourth-order valence-corrected chi connectivity index (χ4v) is 7.57. The van der Waals surface area contributed by atoms with Crippen molar-refractivity contribution in [3.05, 3.63) is 70.5 Å². The molecular formula is C36H42N4O6S. The number of hydrogen-bond donors (Lipinski definition) is 1. The lowest BCUT2D eigenvalue weighted by Crippen LogP contribution is -2.35. The smallest absolute Gasteiger partial charge is 0.341 e. The maximum absolute atomic E-state index is 13.3. The molecule has 0 saturated heterocycles. The minimum absolute atomic E-state index is 0.239. The number of allylic oxidation sites excluding steroid dienone is 1. The van der Waals surface area contributed by atoms with E-state index in [1.807, 2.05) is 29.8 Å². The molecule has 10 nitrogen and oxygen atoms in total. The van der Waals surface area contributed by atoms with E-state index in [-0.39, 0.29) is 12.2 Å². The van der Waals surface area contributed by atoms with Crippen molar-refractivity contribution in [1.82, 2.24) is 19.1 Å². The fraction of sp³-hybridized carbons (Fsp3) is 0.417. The minimum atomic E-state index is -3.83. The van der Waals surface area contributed by atoms with E-state index in [0.717, 1.165) is 59.0 Å². The summed E-state index contributed by atoms with van der Waals surface area (Å²) < 4.78 is 42.6. The van der Waals surface area contributed by atoms with Gasteiger partial charge in [-0.15, -0.1) is 0 Å². The number of rotatable bonds is 9. The van der Waals surface area contributed by atoms with Gasteiger partial charge in [0.05, 0.1) is 43.1 Å². The van der Waals surface area contributed by atoms with Gasteiger partial charge in [-0.05, 0) is 99.6 Å². The molecule has 4 aromatic rings. The predicted molar refractivity (Wildman–Crippen MR) is 183 cm³/mol. The van der Waals surface area contributed by atoms with Crippen molar-refractivity contribution >= 4 is 44.5 Å². The van der Waals surface area contributed by atoms with Crippen molar-refractivity contribution in [1.29, 1.82) is 0 Å². The molecule has 1 N–H and O–H groups in total. The number of benzene rings is 2. The summed E-state index contributed by atoms with van der Waals surface area (Å²) in [6.07, 6.45) is 9.26. The summed E-state index contributed by atoms with van der Waals surface area (Å²) in [5.74, 6) is -0.0816. The molecule has 2 aliphatic rings. The number of fused-ring (bicyclic) bond motifs is 5. The molecule has 0 atom stereocenters. The Hall–Kier alpha value is -4.38. The Morgan fingerprint density at radius 3 is 2.49 bits per heavy atom. The van der Waals surface area contributed by atoms with E-state index >= 15 is 0 Å². The monoisotopic (exact) mass is 658 g/mol. The van der Waals surface area contributed by atoms with Crippen molar-refractivity contribution in [2.24, 2.45) is 0 Å². The second-order valence-corrected chi connectivity index (χ2v) is 14.7. The summed E-state index contributed by atoms with van der Waals surface area (Å²) in [6, 6.07) is 11.5. The zero-order chi connectivity index (χ0) is 33.5. The molecule has 11 heteroatoms. The van der Waals surface area contributed by atoms with Crippen LogP contribution in [0.3, 0.4) is 0 Å². The van der Waals surface area contributed by atoms with Gasteiger partial charge in [0.25, 0.3) is 5.91 Å². The number of nitrogens with one attached hydrogen (secondary N) is 1. The molecule has 6 rings (SSSR count). The van der Waals surface area contributed by atoms with Gasteiger partial charge in [0, 0.05) is 28.6 Å². The van der Waals surface area contributed by atoms with E-state index in [4.69, 9.17) is 9.47 Å². The second kappa shape index (κ2) is 13.0. The SMILES string of the molecule is CCOC(=O)c1cnn(CC)c1C1=Cc2cc(OC)ccc2-c2c(C3CCCCC3)c3ccc(C(=O)NS(=O)(=O)C(C)C)cc3n2C1. The van der Waals surface area contributed by atoms with Crippen LogP contribution in [0.25, 0.3) is 33.8 Å². The first-order chi connectivity index (χ1) is 22.6. The number of aromatic nitrogens is 3. The molecule has 2 aromatic heterocycles. The maximum atomic E-state index is 13.3. The molecule has 0 spiro atoms. The van der Waals surface area contributed by atoms with Crippen molar-refractivity contribution in [3.8, 4) is 17.0 Å². The highest BCUT2D eigenvalue weighted by molar-refractivity contribution is 7.90. The number of aryl methyl sites for hydroxylation is 1. The zero-order valence-corrected chi connectivity index (χ0v) is 28.4. The van der Waals surface area contributed by atoms with Crippen LogP contribution in [0.5, 0.6) is 5.75 Å². The molecule has 0 unspecified atom stereocenters. The fourth-order valence-electron chi connectivity index (χ4n) is 6.95. The quantitative estimate of drug-likeness (QED) is 0.197. The first-order valence-corrected chi connectivity index (χ1v) is 18.0. The van der Waals surface area contributed by atoms with Crippen LogP contribution in [0.1, 0.15) is 103 Å². The third kappa shape index (κ3) is 5.97. The van der Waals surface area contributed by atoms with Crippen LogP contribution in [-0.2, 0) is 27.8 Å². The Balaban J connectivity index is 1.63. The Bertz CT molecular complexity index is 2000. The Morgan fingerprint density at radius 2 is 1.81 bits per heavy atom. The lowest BCUT2D eigenvalue weighted by molar-refractivity contribution is 0.0525. The molecule has 1 amide bonds. The van der Waals surface area contributed by atoms with Gasteiger partial charge >= 0.3 is 5.97 Å². The molecular weight excluding hydrogens is 616 g/mol. The average molecular weight is 659 g/mol.